The molecule has 0 atom stereocenters. The number of anilines is 2. The molecular formula is C17H21BrN4O. The second-order valence-electron chi connectivity index (χ2n) is 5.93. The molecule has 2 N–H and O–H groups in total. The fourth-order valence-electron chi connectivity index (χ4n) is 1.97. The van der Waals surface area contributed by atoms with Gasteiger partial charge in [0.15, 0.2) is 0 Å². The van der Waals surface area contributed by atoms with Crippen molar-refractivity contribution in [3.8, 4) is 0 Å². The van der Waals surface area contributed by atoms with E-state index >= 15 is 0 Å². The topological polar surface area (TPSA) is 66.9 Å². The Morgan fingerprint density at radius 3 is 2.61 bits per heavy atom. The third kappa shape index (κ3) is 5.03. The number of nitrogens with zero attached hydrogens (tertiary/aromatic N) is 2. The van der Waals surface area contributed by atoms with Gasteiger partial charge in [0.1, 0.15) is 5.69 Å². The summed E-state index contributed by atoms with van der Waals surface area (Å²) in [5.41, 5.74) is 3.11. The first-order chi connectivity index (χ1) is 10.8. The highest BCUT2D eigenvalue weighted by atomic mass is 79.9. The van der Waals surface area contributed by atoms with E-state index in [1.807, 2.05) is 45.9 Å². The van der Waals surface area contributed by atoms with Crippen LogP contribution in [0.15, 0.2) is 28.7 Å². The van der Waals surface area contributed by atoms with Gasteiger partial charge in [-0.2, -0.15) is 0 Å². The molecule has 0 spiro atoms. The van der Waals surface area contributed by atoms with Gasteiger partial charge < -0.3 is 10.6 Å². The molecule has 0 aliphatic rings. The Morgan fingerprint density at radius 1 is 1.22 bits per heavy atom. The zero-order valence-corrected chi connectivity index (χ0v) is 15.4. The minimum atomic E-state index is -0.185. The molecule has 0 aliphatic heterocycles. The van der Waals surface area contributed by atoms with E-state index in [0.717, 1.165) is 21.4 Å². The van der Waals surface area contributed by atoms with E-state index in [1.165, 1.54) is 0 Å². The summed E-state index contributed by atoms with van der Waals surface area (Å²) in [6.45, 7) is 8.58. The van der Waals surface area contributed by atoms with Crippen molar-refractivity contribution in [2.75, 3.05) is 11.9 Å². The monoisotopic (exact) mass is 376 g/mol. The molecule has 0 saturated carbocycles. The van der Waals surface area contributed by atoms with Crippen molar-refractivity contribution in [2.45, 2.75) is 27.7 Å². The van der Waals surface area contributed by atoms with Gasteiger partial charge in [-0.3, -0.25) is 4.79 Å². The number of amides is 1. The number of carbonyl (C=O) groups is 1. The van der Waals surface area contributed by atoms with Crippen molar-refractivity contribution in [1.82, 2.24) is 15.3 Å². The van der Waals surface area contributed by atoms with Crippen LogP contribution in [-0.2, 0) is 0 Å². The maximum Gasteiger partial charge on any atom is 0.270 e. The average Bonchev–Trinajstić information content (AvgIpc) is 2.47. The molecule has 23 heavy (non-hydrogen) atoms. The van der Waals surface area contributed by atoms with Crippen molar-refractivity contribution in [1.29, 1.82) is 0 Å². The molecule has 2 aromatic rings. The highest BCUT2D eigenvalue weighted by Gasteiger charge is 2.11. The fraction of sp³-hybridized carbons (Fsp3) is 0.353. The predicted octanol–water partition coefficient (Wildman–Crippen LogP) is 3.99. The molecule has 0 fully saturated rings. The fourth-order valence-corrected chi connectivity index (χ4v) is 2.56. The molecule has 5 nitrogen and oxygen atoms in total. The van der Waals surface area contributed by atoms with Gasteiger partial charge in [0.05, 0.1) is 5.69 Å². The lowest BCUT2D eigenvalue weighted by Crippen LogP contribution is -2.28. The Morgan fingerprint density at radius 2 is 1.96 bits per heavy atom. The van der Waals surface area contributed by atoms with Gasteiger partial charge in [0.2, 0.25) is 5.95 Å². The number of aryl methyl sites for hydroxylation is 2. The summed E-state index contributed by atoms with van der Waals surface area (Å²) in [4.78, 5) is 20.8. The van der Waals surface area contributed by atoms with Gasteiger partial charge in [-0.25, -0.2) is 9.97 Å². The van der Waals surface area contributed by atoms with Gasteiger partial charge in [-0.15, -0.1) is 0 Å². The van der Waals surface area contributed by atoms with E-state index in [4.69, 9.17) is 0 Å². The SMILES string of the molecule is Cc1ccc(Nc2nc(C)cc(C(=O)NCC(C)C)n2)c(Br)c1. The summed E-state index contributed by atoms with van der Waals surface area (Å²) in [5, 5.41) is 6.02. The quantitative estimate of drug-likeness (QED) is 0.827. The maximum atomic E-state index is 12.2. The smallest absolute Gasteiger partial charge is 0.270 e. The summed E-state index contributed by atoms with van der Waals surface area (Å²) in [6.07, 6.45) is 0. The van der Waals surface area contributed by atoms with Gasteiger partial charge in [0, 0.05) is 16.7 Å². The molecule has 0 unspecified atom stereocenters. The Hall–Kier alpha value is -1.95. The van der Waals surface area contributed by atoms with Crippen LogP contribution in [0.4, 0.5) is 11.6 Å². The highest BCUT2D eigenvalue weighted by Crippen LogP contribution is 2.25. The van der Waals surface area contributed by atoms with Crippen molar-refractivity contribution in [2.24, 2.45) is 5.92 Å². The summed E-state index contributed by atoms with van der Waals surface area (Å²) in [5.74, 6) is 0.613. The van der Waals surface area contributed by atoms with Crippen LogP contribution < -0.4 is 10.6 Å². The van der Waals surface area contributed by atoms with E-state index in [0.29, 0.717) is 24.1 Å². The van der Waals surface area contributed by atoms with Crippen molar-refractivity contribution in [3.63, 3.8) is 0 Å². The molecule has 0 aliphatic carbocycles. The molecule has 0 saturated heterocycles. The Balaban J connectivity index is 2.21. The standard InChI is InChI=1S/C17H21BrN4O/c1-10(2)9-19-16(23)15-8-12(4)20-17(22-15)21-14-6-5-11(3)7-13(14)18/h5-8,10H,9H2,1-4H3,(H,19,23)(H,20,21,22). The lowest BCUT2D eigenvalue weighted by molar-refractivity contribution is 0.0944. The zero-order chi connectivity index (χ0) is 17.0. The summed E-state index contributed by atoms with van der Waals surface area (Å²) < 4.78 is 0.924. The Labute approximate surface area is 145 Å². The molecule has 6 heteroatoms. The molecule has 1 aromatic heterocycles. The summed E-state index contributed by atoms with van der Waals surface area (Å²) in [6, 6.07) is 7.64. The number of hydrogen-bond acceptors (Lipinski definition) is 4. The first-order valence-electron chi connectivity index (χ1n) is 7.52. The normalized spacial score (nSPS) is 10.7. The molecule has 1 aromatic carbocycles. The Kier molecular flexibility index (Phi) is 5.71. The lowest BCUT2D eigenvalue weighted by Gasteiger charge is -2.11. The Bertz CT molecular complexity index is 716. The van der Waals surface area contributed by atoms with E-state index in [1.54, 1.807) is 6.07 Å². The molecule has 0 radical (unpaired) electrons. The molecule has 1 amide bonds. The first-order valence-corrected chi connectivity index (χ1v) is 8.31. The average molecular weight is 377 g/mol. The maximum absolute atomic E-state index is 12.2. The number of carbonyl (C=O) groups excluding carboxylic acids is 1. The van der Waals surface area contributed by atoms with Gasteiger partial charge >= 0.3 is 0 Å². The van der Waals surface area contributed by atoms with Gasteiger partial charge in [0.25, 0.3) is 5.91 Å². The summed E-state index contributed by atoms with van der Waals surface area (Å²) in [7, 11) is 0. The lowest BCUT2D eigenvalue weighted by atomic mass is 10.2. The van der Waals surface area contributed by atoms with Crippen LogP contribution in [0.5, 0.6) is 0 Å². The number of rotatable bonds is 5. The van der Waals surface area contributed by atoms with E-state index < -0.39 is 0 Å². The van der Waals surface area contributed by atoms with Gasteiger partial charge in [-0.05, 0) is 59.5 Å². The highest BCUT2D eigenvalue weighted by molar-refractivity contribution is 9.10. The van der Waals surface area contributed by atoms with Crippen LogP contribution in [0.2, 0.25) is 0 Å². The van der Waals surface area contributed by atoms with Crippen LogP contribution in [0.25, 0.3) is 0 Å². The van der Waals surface area contributed by atoms with Crippen molar-refractivity contribution < 1.29 is 4.79 Å². The van der Waals surface area contributed by atoms with Gasteiger partial charge in [-0.1, -0.05) is 19.9 Å². The predicted molar refractivity (Wildman–Crippen MR) is 96.1 cm³/mol. The van der Waals surface area contributed by atoms with Crippen LogP contribution in [-0.4, -0.2) is 22.4 Å². The summed E-state index contributed by atoms with van der Waals surface area (Å²) >= 11 is 3.51. The largest absolute Gasteiger partial charge is 0.350 e. The number of halogens is 1. The molecular weight excluding hydrogens is 356 g/mol. The third-order valence-electron chi connectivity index (χ3n) is 3.13. The van der Waals surface area contributed by atoms with E-state index in [2.05, 4.69) is 36.5 Å². The molecule has 122 valence electrons. The second-order valence-corrected chi connectivity index (χ2v) is 6.78. The van der Waals surface area contributed by atoms with Crippen LogP contribution in [0, 0.1) is 19.8 Å². The van der Waals surface area contributed by atoms with E-state index in [-0.39, 0.29) is 5.91 Å². The number of benzene rings is 1. The van der Waals surface area contributed by atoms with Crippen LogP contribution in [0.3, 0.4) is 0 Å². The third-order valence-corrected chi connectivity index (χ3v) is 3.78. The minimum absolute atomic E-state index is 0.185. The number of nitrogens with one attached hydrogen (secondary N) is 2. The van der Waals surface area contributed by atoms with Crippen LogP contribution in [0.1, 0.15) is 35.6 Å². The molecule has 1 heterocycles. The first kappa shape index (κ1) is 17.4. The zero-order valence-electron chi connectivity index (χ0n) is 13.8. The molecule has 0 bridgehead atoms. The van der Waals surface area contributed by atoms with Crippen LogP contribution >= 0.6 is 15.9 Å². The van der Waals surface area contributed by atoms with Crippen molar-refractivity contribution >= 4 is 33.5 Å². The number of hydrogen-bond donors (Lipinski definition) is 2. The molecule has 2 rings (SSSR count). The van der Waals surface area contributed by atoms with E-state index in [9.17, 15) is 4.79 Å². The van der Waals surface area contributed by atoms with Crippen molar-refractivity contribution in [3.05, 3.63) is 45.7 Å². The number of aromatic nitrogens is 2. The minimum Gasteiger partial charge on any atom is -0.350 e. The second kappa shape index (κ2) is 7.55.